The molecule has 0 saturated carbocycles. The van der Waals surface area contributed by atoms with Gasteiger partial charge in [-0.3, -0.25) is 4.98 Å². The third kappa shape index (κ3) is 1.57. The van der Waals surface area contributed by atoms with Gasteiger partial charge in [0.1, 0.15) is 5.15 Å². The van der Waals surface area contributed by atoms with E-state index in [1.165, 1.54) is 16.5 Å². The van der Waals surface area contributed by atoms with Gasteiger partial charge in [-0.05, 0) is 23.8 Å². The van der Waals surface area contributed by atoms with Crippen molar-refractivity contribution in [2.45, 2.75) is 12.8 Å². The molecule has 3 heteroatoms. The van der Waals surface area contributed by atoms with E-state index in [0.717, 1.165) is 29.3 Å². The number of aromatic nitrogens is 2. The molecule has 0 saturated heterocycles. The molecule has 0 fully saturated rings. The predicted molar refractivity (Wildman–Crippen MR) is 79.4 cm³/mol. The normalized spacial score (nSPS) is 13.9. The first-order valence-electron chi connectivity index (χ1n) is 6.37. The van der Waals surface area contributed by atoms with Crippen molar-refractivity contribution in [2.75, 3.05) is 0 Å². The molecule has 0 amide bonds. The number of allylic oxidation sites excluding steroid dienone is 1. The van der Waals surface area contributed by atoms with Crippen LogP contribution in [0.5, 0.6) is 0 Å². The molecule has 92 valence electrons. The van der Waals surface area contributed by atoms with Crippen molar-refractivity contribution in [1.82, 2.24) is 9.97 Å². The van der Waals surface area contributed by atoms with Crippen LogP contribution in [0, 0.1) is 0 Å². The second-order valence-corrected chi connectivity index (χ2v) is 5.16. The minimum absolute atomic E-state index is 0.448. The average molecular weight is 267 g/mol. The first kappa shape index (κ1) is 10.9. The molecule has 3 aromatic rings. The topological polar surface area (TPSA) is 25.8 Å². The Morgan fingerprint density at radius 1 is 1.05 bits per heavy atom. The van der Waals surface area contributed by atoms with Crippen molar-refractivity contribution in [1.29, 1.82) is 0 Å². The van der Waals surface area contributed by atoms with Gasteiger partial charge in [0.2, 0.25) is 0 Å². The lowest BCUT2D eigenvalue weighted by Crippen LogP contribution is -2.00. The van der Waals surface area contributed by atoms with E-state index < -0.39 is 0 Å². The van der Waals surface area contributed by atoms with Crippen LogP contribution >= 0.6 is 11.6 Å². The fraction of sp³-hybridized carbons (Fsp3) is 0.125. The summed E-state index contributed by atoms with van der Waals surface area (Å²) in [5.41, 5.74) is 4.39. The average Bonchev–Trinajstić information content (AvgIpc) is 2.47. The zero-order valence-electron chi connectivity index (χ0n) is 10.2. The van der Waals surface area contributed by atoms with Gasteiger partial charge in [-0.2, -0.15) is 0 Å². The Morgan fingerprint density at radius 2 is 1.89 bits per heavy atom. The van der Waals surface area contributed by atoms with Crippen molar-refractivity contribution in [3.05, 3.63) is 52.8 Å². The summed E-state index contributed by atoms with van der Waals surface area (Å²) in [6.45, 7) is 0. The SMILES string of the molecule is Clc1cnc2c(n1)c1c(c3ccccc32)CCC=C1. The summed E-state index contributed by atoms with van der Waals surface area (Å²) in [5.74, 6) is 0. The molecule has 0 radical (unpaired) electrons. The number of rotatable bonds is 0. The summed E-state index contributed by atoms with van der Waals surface area (Å²) in [4.78, 5) is 8.98. The molecule has 0 N–H and O–H groups in total. The van der Waals surface area contributed by atoms with E-state index >= 15 is 0 Å². The Balaban J connectivity index is 2.31. The summed E-state index contributed by atoms with van der Waals surface area (Å²) in [6.07, 6.45) is 8.10. The van der Waals surface area contributed by atoms with Crippen molar-refractivity contribution >= 4 is 39.5 Å². The van der Waals surface area contributed by atoms with E-state index in [2.05, 4.69) is 40.3 Å². The lowest BCUT2D eigenvalue weighted by molar-refractivity contribution is 0.998. The summed E-state index contributed by atoms with van der Waals surface area (Å²) >= 11 is 6.01. The lowest BCUT2D eigenvalue weighted by Gasteiger charge is -2.16. The highest BCUT2D eigenvalue weighted by Crippen LogP contribution is 2.34. The lowest BCUT2D eigenvalue weighted by atomic mass is 9.90. The standard InChI is InChI=1S/C16H11ClN2/c17-14-9-18-15-12-7-3-1-5-10(12)11-6-2-4-8-13(11)16(15)19-14/h1,3-5,7-9H,2,6H2. The highest BCUT2D eigenvalue weighted by Gasteiger charge is 2.16. The summed E-state index contributed by atoms with van der Waals surface area (Å²) in [6, 6.07) is 8.40. The maximum atomic E-state index is 6.01. The summed E-state index contributed by atoms with van der Waals surface area (Å²) < 4.78 is 0. The third-order valence-electron chi connectivity index (χ3n) is 3.68. The van der Waals surface area contributed by atoms with Crippen LogP contribution in [-0.2, 0) is 6.42 Å². The molecule has 2 aromatic carbocycles. The molecule has 19 heavy (non-hydrogen) atoms. The van der Waals surface area contributed by atoms with Gasteiger partial charge >= 0.3 is 0 Å². The Labute approximate surface area is 115 Å². The van der Waals surface area contributed by atoms with Crippen LogP contribution in [0.4, 0.5) is 0 Å². The maximum Gasteiger partial charge on any atom is 0.148 e. The van der Waals surface area contributed by atoms with Gasteiger partial charge in [0.15, 0.2) is 0 Å². The van der Waals surface area contributed by atoms with E-state index in [4.69, 9.17) is 11.6 Å². The smallest absolute Gasteiger partial charge is 0.148 e. The molecule has 0 atom stereocenters. The minimum Gasteiger partial charge on any atom is -0.251 e. The number of fused-ring (bicyclic) bond motifs is 6. The van der Waals surface area contributed by atoms with E-state index in [9.17, 15) is 0 Å². The van der Waals surface area contributed by atoms with Crippen LogP contribution in [-0.4, -0.2) is 9.97 Å². The first-order chi connectivity index (χ1) is 9.34. The Hall–Kier alpha value is -1.93. The maximum absolute atomic E-state index is 6.01. The largest absolute Gasteiger partial charge is 0.251 e. The number of halogens is 1. The number of aryl methyl sites for hydroxylation is 1. The van der Waals surface area contributed by atoms with Crippen LogP contribution in [0.2, 0.25) is 5.15 Å². The van der Waals surface area contributed by atoms with Crippen molar-refractivity contribution in [3.63, 3.8) is 0 Å². The van der Waals surface area contributed by atoms with E-state index in [-0.39, 0.29) is 0 Å². The molecule has 0 aliphatic heterocycles. The van der Waals surface area contributed by atoms with Crippen molar-refractivity contribution < 1.29 is 0 Å². The van der Waals surface area contributed by atoms with Crippen LogP contribution in [0.3, 0.4) is 0 Å². The van der Waals surface area contributed by atoms with E-state index in [1.807, 2.05) is 6.07 Å². The molecule has 1 heterocycles. The Morgan fingerprint density at radius 3 is 2.79 bits per heavy atom. The van der Waals surface area contributed by atoms with Gasteiger partial charge < -0.3 is 0 Å². The molecule has 0 spiro atoms. The van der Waals surface area contributed by atoms with Crippen molar-refractivity contribution in [2.24, 2.45) is 0 Å². The van der Waals surface area contributed by atoms with Crippen LogP contribution in [0.25, 0.3) is 27.9 Å². The second kappa shape index (κ2) is 4.04. The van der Waals surface area contributed by atoms with Gasteiger partial charge in [-0.25, -0.2) is 4.98 Å². The summed E-state index contributed by atoms with van der Waals surface area (Å²) in [7, 11) is 0. The molecule has 1 aromatic heterocycles. The third-order valence-corrected chi connectivity index (χ3v) is 3.86. The molecule has 2 nitrogen and oxygen atoms in total. The Kier molecular flexibility index (Phi) is 2.32. The fourth-order valence-electron chi connectivity index (χ4n) is 2.87. The number of hydrogen-bond acceptors (Lipinski definition) is 2. The molecule has 0 unspecified atom stereocenters. The number of hydrogen-bond donors (Lipinski definition) is 0. The van der Waals surface area contributed by atoms with Gasteiger partial charge in [-0.15, -0.1) is 0 Å². The molecular weight excluding hydrogens is 256 g/mol. The molecule has 0 bridgehead atoms. The van der Waals surface area contributed by atoms with Gasteiger partial charge in [0.05, 0.1) is 17.2 Å². The number of nitrogens with zero attached hydrogens (tertiary/aromatic N) is 2. The van der Waals surface area contributed by atoms with E-state index in [1.54, 1.807) is 6.20 Å². The summed E-state index contributed by atoms with van der Waals surface area (Å²) in [5, 5.41) is 2.89. The zero-order chi connectivity index (χ0) is 12.8. The fourth-order valence-corrected chi connectivity index (χ4v) is 3.00. The molecular formula is C16H11ClN2. The predicted octanol–water partition coefficient (Wildman–Crippen LogP) is 4.40. The highest BCUT2D eigenvalue weighted by atomic mass is 35.5. The van der Waals surface area contributed by atoms with Crippen LogP contribution in [0.1, 0.15) is 17.5 Å². The van der Waals surface area contributed by atoms with Crippen LogP contribution in [0.15, 0.2) is 36.5 Å². The number of benzene rings is 2. The monoisotopic (exact) mass is 266 g/mol. The van der Waals surface area contributed by atoms with Crippen LogP contribution < -0.4 is 0 Å². The highest BCUT2D eigenvalue weighted by molar-refractivity contribution is 6.29. The molecule has 1 aliphatic rings. The minimum atomic E-state index is 0.448. The Bertz CT molecular complexity index is 837. The molecule has 4 rings (SSSR count). The van der Waals surface area contributed by atoms with Gasteiger partial charge in [0, 0.05) is 10.9 Å². The first-order valence-corrected chi connectivity index (χ1v) is 6.75. The van der Waals surface area contributed by atoms with Gasteiger partial charge in [0.25, 0.3) is 0 Å². The molecule has 1 aliphatic carbocycles. The van der Waals surface area contributed by atoms with E-state index in [0.29, 0.717) is 5.15 Å². The van der Waals surface area contributed by atoms with Gasteiger partial charge in [-0.1, -0.05) is 48.0 Å². The quantitative estimate of drug-likeness (QED) is 0.564. The second-order valence-electron chi connectivity index (χ2n) is 4.77. The van der Waals surface area contributed by atoms with Crippen molar-refractivity contribution in [3.8, 4) is 0 Å². The zero-order valence-corrected chi connectivity index (χ0v) is 11.0.